The average Bonchev–Trinajstić information content (AvgIpc) is 2.57. The fourth-order valence-corrected chi connectivity index (χ4v) is 1.74. The minimum atomic E-state index is -0.352. The van der Waals surface area contributed by atoms with E-state index in [4.69, 9.17) is 5.73 Å². The van der Waals surface area contributed by atoms with E-state index in [1.807, 2.05) is 20.2 Å². The van der Waals surface area contributed by atoms with Gasteiger partial charge in [-0.2, -0.15) is 5.10 Å². The molecular weight excluding hydrogens is 219 g/mol. The molecular formula is C12H15FN4. The Morgan fingerprint density at radius 2 is 2.18 bits per heavy atom. The first-order chi connectivity index (χ1) is 8.08. The Labute approximate surface area is 99.2 Å². The van der Waals surface area contributed by atoms with Crippen LogP contribution in [0.1, 0.15) is 12.6 Å². The summed E-state index contributed by atoms with van der Waals surface area (Å²) < 4.78 is 14.9. The van der Waals surface area contributed by atoms with Crippen molar-refractivity contribution in [2.45, 2.75) is 13.3 Å². The lowest BCUT2D eigenvalue weighted by Gasteiger charge is -2.06. The van der Waals surface area contributed by atoms with Crippen LogP contribution in [0.3, 0.4) is 0 Å². The van der Waals surface area contributed by atoms with Crippen LogP contribution in [0.15, 0.2) is 24.4 Å². The van der Waals surface area contributed by atoms with Gasteiger partial charge in [0.25, 0.3) is 0 Å². The predicted octanol–water partition coefficient (Wildman–Crippen LogP) is 2.45. The second-order valence-corrected chi connectivity index (χ2v) is 3.91. The zero-order valence-electron chi connectivity index (χ0n) is 9.87. The molecule has 2 rings (SSSR count). The highest BCUT2D eigenvalue weighted by molar-refractivity contribution is 5.64. The number of benzene rings is 1. The third kappa shape index (κ3) is 2.55. The summed E-state index contributed by atoms with van der Waals surface area (Å²) in [4.78, 5) is 0. The van der Waals surface area contributed by atoms with Gasteiger partial charge in [-0.25, -0.2) is 4.39 Å². The van der Waals surface area contributed by atoms with Crippen LogP contribution in [0.4, 0.5) is 21.5 Å². The summed E-state index contributed by atoms with van der Waals surface area (Å²) in [7, 11) is 1.85. The molecule has 0 unspecified atom stereocenters. The molecule has 17 heavy (non-hydrogen) atoms. The first kappa shape index (κ1) is 11.4. The Morgan fingerprint density at radius 3 is 2.82 bits per heavy atom. The lowest BCUT2D eigenvalue weighted by atomic mass is 10.2. The zero-order valence-corrected chi connectivity index (χ0v) is 9.87. The molecule has 0 aliphatic heterocycles. The number of aryl methyl sites for hydroxylation is 2. The molecule has 1 aromatic carbocycles. The molecule has 0 bridgehead atoms. The molecule has 0 atom stereocenters. The van der Waals surface area contributed by atoms with E-state index < -0.39 is 0 Å². The van der Waals surface area contributed by atoms with Crippen molar-refractivity contribution in [1.29, 1.82) is 0 Å². The van der Waals surface area contributed by atoms with Gasteiger partial charge in [0.2, 0.25) is 0 Å². The molecule has 1 aromatic heterocycles. The fourth-order valence-electron chi connectivity index (χ4n) is 1.74. The van der Waals surface area contributed by atoms with Gasteiger partial charge >= 0.3 is 0 Å². The second kappa shape index (κ2) is 4.45. The van der Waals surface area contributed by atoms with Crippen molar-refractivity contribution in [3.05, 3.63) is 35.9 Å². The molecule has 0 amide bonds. The van der Waals surface area contributed by atoms with E-state index >= 15 is 0 Å². The minimum Gasteiger partial charge on any atom is -0.399 e. The third-order valence-electron chi connectivity index (χ3n) is 2.44. The van der Waals surface area contributed by atoms with E-state index in [9.17, 15) is 4.39 Å². The summed E-state index contributed by atoms with van der Waals surface area (Å²) in [6.07, 6.45) is 2.67. The van der Waals surface area contributed by atoms with Crippen molar-refractivity contribution in [3.63, 3.8) is 0 Å². The molecule has 0 aliphatic carbocycles. The summed E-state index contributed by atoms with van der Waals surface area (Å²) in [5.74, 6) is -0.352. The predicted molar refractivity (Wildman–Crippen MR) is 66.7 cm³/mol. The van der Waals surface area contributed by atoms with E-state index in [0.717, 1.165) is 17.8 Å². The van der Waals surface area contributed by atoms with Crippen LogP contribution in [0.2, 0.25) is 0 Å². The second-order valence-electron chi connectivity index (χ2n) is 3.91. The first-order valence-electron chi connectivity index (χ1n) is 5.44. The van der Waals surface area contributed by atoms with Crippen LogP contribution in [-0.2, 0) is 13.5 Å². The van der Waals surface area contributed by atoms with Gasteiger partial charge in [-0.1, -0.05) is 6.92 Å². The Bertz CT molecular complexity index is 513. The Morgan fingerprint density at radius 1 is 1.41 bits per heavy atom. The maximum Gasteiger partial charge on any atom is 0.127 e. The monoisotopic (exact) mass is 234 g/mol. The minimum absolute atomic E-state index is 0.352. The topological polar surface area (TPSA) is 55.9 Å². The number of hydrogen-bond acceptors (Lipinski definition) is 3. The molecule has 5 heteroatoms. The fraction of sp³-hybridized carbons (Fsp3) is 0.250. The number of nitrogens with two attached hydrogens (primary N) is 1. The molecule has 0 spiro atoms. The van der Waals surface area contributed by atoms with Gasteiger partial charge in [0.05, 0.1) is 11.4 Å². The summed E-state index contributed by atoms with van der Waals surface area (Å²) in [6.45, 7) is 2.02. The van der Waals surface area contributed by atoms with Crippen LogP contribution < -0.4 is 11.1 Å². The lowest BCUT2D eigenvalue weighted by Crippen LogP contribution is -1.95. The van der Waals surface area contributed by atoms with Gasteiger partial charge in [-0.3, -0.25) is 4.68 Å². The molecule has 0 aliphatic rings. The van der Waals surface area contributed by atoms with Crippen molar-refractivity contribution in [2.24, 2.45) is 7.05 Å². The Balaban J connectivity index is 2.30. The lowest BCUT2D eigenvalue weighted by molar-refractivity contribution is 0.629. The van der Waals surface area contributed by atoms with Gasteiger partial charge in [0.1, 0.15) is 5.82 Å². The molecule has 0 saturated carbocycles. The highest BCUT2D eigenvalue weighted by atomic mass is 19.1. The highest BCUT2D eigenvalue weighted by Gasteiger charge is 2.06. The normalized spacial score (nSPS) is 10.5. The maximum absolute atomic E-state index is 13.2. The van der Waals surface area contributed by atoms with Crippen LogP contribution in [0.25, 0.3) is 0 Å². The molecule has 1 heterocycles. The number of rotatable bonds is 3. The molecule has 3 N–H and O–H groups in total. The largest absolute Gasteiger partial charge is 0.399 e. The molecule has 4 nitrogen and oxygen atoms in total. The van der Waals surface area contributed by atoms with Crippen LogP contribution in [0.5, 0.6) is 0 Å². The van der Waals surface area contributed by atoms with Gasteiger partial charge in [-0.15, -0.1) is 0 Å². The van der Waals surface area contributed by atoms with Crippen LogP contribution in [-0.4, -0.2) is 9.78 Å². The highest BCUT2D eigenvalue weighted by Crippen LogP contribution is 2.22. The SMILES string of the molecule is CCc1nn(C)cc1Nc1cc(N)cc(F)c1. The van der Waals surface area contributed by atoms with Gasteiger partial charge in [-0.05, 0) is 24.6 Å². The Kier molecular flexibility index (Phi) is 2.99. The van der Waals surface area contributed by atoms with Crippen molar-refractivity contribution in [3.8, 4) is 0 Å². The van der Waals surface area contributed by atoms with E-state index in [1.165, 1.54) is 12.1 Å². The van der Waals surface area contributed by atoms with Gasteiger partial charge < -0.3 is 11.1 Å². The first-order valence-corrected chi connectivity index (χ1v) is 5.44. The average molecular weight is 234 g/mol. The van der Waals surface area contributed by atoms with Crippen molar-refractivity contribution < 1.29 is 4.39 Å². The standard InChI is InChI=1S/C12H15FN4/c1-3-11-12(7-17(2)16-11)15-10-5-8(13)4-9(14)6-10/h4-7,15H,3,14H2,1-2H3. The molecule has 0 saturated heterocycles. The Hall–Kier alpha value is -2.04. The molecule has 2 aromatic rings. The van der Waals surface area contributed by atoms with E-state index in [-0.39, 0.29) is 5.82 Å². The molecule has 90 valence electrons. The van der Waals surface area contributed by atoms with Crippen molar-refractivity contribution in [2.75, 3.05) is 11.1 Å². The number of nitrogens with one attached hydrogen (secondary N) is 1. The van der Waals surface area contributed by atoms with E-state index in [0.29, 0.717) is 11.4 Å². The number of hydrogen-bond donors (Lipinski definition) is 2. The van der Waals surface area contributed by atoms with E-state index in [1.54, 1.807) is 10.7 Å². The summed E-state index contributed by atoms with van der Waals surface area (Å²) in [6, 6.07) is 4.38. The van der Waals surface area contributed by atoms with E-state index in [2.05, 4.69) is 10.4 Å². The number of aromatic nitrogens is 2. The summed E-state index contributed by atoms with van der Waals surface area (Å²) in [5, 5.41) is 7.42. The van der Waals surface area contributed by atoms with Gasteiger partial charge in [0.15, 0.2) is 0 Å². The number of nitrogens with zero attached hydrogens (tertiary/aromatic N) is 2. The smallest absolute Gasteiger partial charge is 0.127 e. The van der Waals surface area contributed by atoms with Crippen LogP contribution in [0, 0.1) is 5.82 Å². The summed E-state index contributed by atoms with van der Waals surface area (Å²) >= 11 is 0. The molecule has 0 fully saturated rings. The maximum atomic E-state index is 13.2. The quantitative estimate of drug-likeness (QED) is 0.802. The number of halogens is 1. The number of anilines is 3. The number of nitrogen functional groups attached to an aromatic ring is 1. The van der Waals surface area contributed by atoms with Gasteiger partial charge in [0, 0.05) is 24.6 Å². The van der Waals surface area contributed by atoms with Crippen LogP contribution >= 0.6 is 0 Å². The summed E-state index contributed by atoms with van der Waals surface area (Å²) in [5.41, 5.74) is 8.43. The zero-order chi connectivity index (χ0) is 12.4. The third-order valence-corrected chi connectivity index (χ3v) is 2.44. The van der Waals surface area contributed by atoms with Crippen molar-refractivity contribution >= 4 is 17.1 Å². The van der Waals surface area contributed by atoms with Crippen molar-refractivity contribution in [1.82, 2.24) is 9.78 Å². The molecule has 0 radical (unpaired) electrons.